The monoisotopic (exact) mass is 244 g/mol. The molecule has 1 aromatic heterocycles. The molecular formula is C11H14Cl2N2. The van der Waals surface area contributed by atoms with Crippen LogP contribution in [0, 0.1) is 0 Å². The van der Waals surface area contributed by atoms with Crippen LogP contribution in [0.5, 0.6) is 0 Å². The molecule has 1 saturated carbocycles. The Morgan fingerprint density at radius 2 is 2.00 bits per heavy atom. The lowest BCUT2D eigenvalue weighted by atomic mass is 9.80. The number of nitrogens with zero attached hydrogens (tertiary/aromatic N) is 1. The van der Waals surface area contributed by atoms with Crippen LogP contribution in [0.3, 0.4) is 0 Å². The Morgan fingerprint density at radius 1 is 1.33 bits per heavy atom. The van der Waals surface area contributed by atoms with Gasteiger partial charge in [0.15, 0.2) is 0 Å². The molecule has 1 heterocycles. The molecule has 0 aromatic carbocycles. The summed E-state index contributed by atoms with van der Waals surface area (Å²) in [7, 11) is 0. The van der Waals surface area contributed by atoms with Crippen LogP contribution in [0.15, 0.2) is 12.3 Å². The fourth-order valence-electron chi connectivity index (χ4n) is 2.43. The van der Waals surface area contributed by atoms with Gasteiger partial charge in [-0.25, -0.2) is 4.98 Å². The summed E-state index contributed by atoms with van der Waals surface area (Å²) in [4.78, 5) is 4.10. The van der Waals surface area contributed by atoms with Gasteiger partial charge in [0, 0.05) is 23.2 Å². The van der Waals surface area contributed by atoms with Gasteiger partial charge in [-0.05, 0) is 24.5 Å². The maximum Gasteiger partial charge on any atom is 0.130 e. The Labute approximate surface area is 99.8 Å². The van der Waals surface area contributed by atoms with Gasteiger partial charge in [-0.1, -0.05) is 36.0 Å². The predicted molar refractivity (Wildman–Crippen MR) is 63.5 cm³/mol. The summed E-state index contributed by atoms with van der Waals surface area (Å²) in [6.07, 6.45) is 6.42. The molecule has 0 unspecified atom stereocenters. The van der Waals surface area contributed by atoms with Crippen LogP contribution >= 0.6 is 23.2 Å². The fourth-order valence-corrected chi connectivity index (χ4v) is 3.00. The van der Waals surface area contributed by atoms with Gasteiger partial charge in [0.1, 0.15) is 5.15 Å². The minimum atomic E-state index is 0.0364. The van der Waals surface area contributed by atoms with Gasteiger partial charge in [0.05, 0.1) is 0 Å². The van der Waals surface area contributed by atoms with Crippen LogP contribution in [0.25, 0.3) is 0 Å². The fraction of sp³-hybridized carbons (Fsp3) is 0.545. The van der Waals surface area contributed by atoms with Crippen molar-refractivity contribution < 1.29 is 0 Å². The molecule has 2 rings (SSSR count). The standard InChI is InChI=1S/C11H14Cl2N2/c12-9-5-10(13)15-6-8(9)11(7-14)3-1-2-4-11/h5-6H,1-4,7,14H2. The zero-order valence-corrected chi connectivity index (χ0v) is 9.98. The van der Waals surface area contributed by atoms with E-state index in [0.29, 0.717) is 16.7 Å². The Bertz CT molecular complexity index is 360. The molecular weight excluding hydrogens is 231 g/mol. The maximum absolute atomic E-state index is 6.20. The largest absolute Gasteiger partial charge is 0.330 e. The molecule has 1 aliphatic rings. The quantitative estimate of drug-likeness (QED) is 0.813. The molecule has 0 amide bonds. The van der Waals surface area contributed by atoms with E-state index in [0.717, 1.165) is 18.4 Å². The van der Waals surface area contributed by atoms with E-state index in [2.05, 4.69) is 4.98 Å². The SMILES string of the molecule is NCC1(c2cnc(Cl)cc2Cl)CCCC1. The lowest BCUT2D eigenvalue weighted by Gasteiger charge is -2.28. The molecule has 1 aromatic rings. The number of hydrogen-bond acceptors (Lipinski definition) is 2. The smallest absolute Gasteiger partial charge is 0.130 e. The van der Waals surface area contributed by atoms with Crippen LogP contribution in [0.2, 0.25) is 10.2 Å². The third-order valence-corrected chi connectivity index (χ3v) is 3.86. The van der Waals surface area contributed by atoms with E-state index < -0.39 is 0 Å². The Kier molecular flexibility index (Phi) is 3.19. The zero-order chi connectivity index (χ0) is 10.9. The highest BCUT2D eigenvalue weighted by molar-refractivity contribution is 6.34. The second kappa shape index (κ2) is 4.28. The lowest BCUT2D eigenvalue weighted by Crippen LogP contribution is -2.32. The average Bonchev–Trinajstić information content (AvgIpc) is 2.67. The highest BCUT2D eigenvalue weighted by Crippen LogP contribution is 2.42. The molecule has 0 radical (unpaired) electrons. The highest BCUT2D eigenvalue weighted by Gasteiger charge is 2.36. The van der Waals surface area contributed by atoms with Crippen LogP contribution in [-0.2, 0) is 5.41 Å². The molecule has 0 spiro atoms. The van der Waals surface area contributed by atoms with Crippen molar-refractivity contribution in [3.05, 3.63) is 28.0 Å². The van der Waals surface area contributed by atoms with Gasteiger partial charge in [0.25, 0.3) is 0 Å². The summed E-state index contributed by atoms with van der Waals surface area (Å²) >= 11 is 12.0. The summed E-state index contributed by atoms with van der Waals surface area (Å²) in [5.74, 6) is 0. The van der Waals surface area contributed by atoms with E-state index in [1.165, 1.54) is 12.8 Å². The van der Waals surface area contributed by atoms with Gasteiger partial charge in [-0.3, -0.25) is 0 Å². The molecule has 1 aliphatic carbocycles. The van der Waals surface area contributed by atoms with Crippen molar-refractivity contribution in [3.8, 4) is 0 Å². The third kappa shape index (κ3) is 1.99. The molecule has 15 heavy (non-hydrogen) atoms. The number of aromatic nitrogens is 1. The summed E-state index contributed by atoms with van der Waals surface area (Å²) in [5, 5.41) is 1.14. The molecule has 0 saturated heterocycles. The van der Waals surface area contributed by atoms with E-state index in [1.54, 1.807) is 12.3 Å². The first-order valence-corrected chi connectivity index (χ1v) is 5.95. The second-order valence-electron chi connectivity index (χ2n) is 4.18. The number of halogens is 2. The van der Waals surface area contributed by atoms with Crippen molar-refractivity contribution >= 4 is 23.2 Å². The van der Waals surface area contributed by atoms with Gasteiger partial charge >= 0.3 is 0 Å². The average molecular weight is 245 g/mol. The maximum atomic E-state index is 6.20. The Morgan fingerprint density at radius 3 is 2.53 bits per heavy atom. The zero-order valence-electron chi connectivity index (χ0n) is 8.47. The number of nitrogens with two attached hydrogens (primary N) is 1. The minimum Gasteiger partial charge on any atom is -0.330 e. The normalized spacial score (nSPS) is 19.4. The van der Waals surface area contributed by atoms with E-state index in [4.69, 9.17) is 28.9 Å². The lowest BCUT2D eigenvalue weighted by molar-refractivity contribution is 0.452. The summed E-state index contributed by atoms with van der Waals surface area (Å²) in [6.45, 7) is 0.635. The molecule has 2 nitrogen and oxygen atoms in total. The molecule has 0 aliphatic heterocycles. The first-order chi connectivity index (χ1) is 7.18. The van der Waals surface area contributed by atoms with Gasteiger partial charge in [-0.15, -0.1) is 0 Å². The van der Waals surface area contributed by atoms with Gasteiger partial charge in [-0.2, -0.15) is 0 Å². The second-order valence-corrected chi connectivity index (χ2v) is 4.97. The van der Waals surface area contributed by atoms with E-state index in [-0.39, 0.29) is 5.41 Å². The Balaban J connectivity index is 2.42. The topological polar surface area (TPSA) is 38.9 Å². The predicted octanol–water partition coefficient (Wildman–Crippen LogP) is 3.16. The van der Waals surface area contributed by atoms with Crippen molar-refractivity contribution in [2.45, 2.75) is 31.1 Å². The Hall–Kier alpha value is -0.310. The van der Waals surface area contributed by atoms with Crippen molar-refractivity contribution in [1.29, 1.82) is 0 Å². The molecule has 1 fully saturated rings. The summed E-state index contributed by atoms with van der Waals surface area (Å²) in [6, 6.07) is 1.70. The van der Waals surface area contributed by atoms with Crippen LogP contribution in [0.1, 0.15) is 31.2 Å². The first-order valence-electron chi connectivity index (χ1n) is 5.19. The molecule has 0 atom stereocenters. The molecule has 82 valence electrons. The number of pyridine rings is 1. The van der Waals surface area contributed by atoms with Gasteiger partial charge in [0.2, 0.25) is 0 Å². The van der Waals surface area contributed by atoms with Crippen molar-refractivity contribution in [1.82, 2.24) is 4.98 Å². The highest BCUT2D eigenvalue weighted by atomic mass is 35.5. The summed E-state index contributed by atoms with van der Waals surface area (Å²) < 4.78 is 0. The van der Waals surface area contributed by atoms with E-state index in [9.17, 15) is 0 Å². The molecule has 4 heteroatoms. The van der Waals surface area contributed by atoms with Crippen LogP contribution < -0.4 is 5.73 Å². The summed E-state index contributed by atoms with van der Waals surface area (Å²) in [5.41, 5.74) is 6.99. The molecule has 2 N–H and O–H groups in total. The van der Waals surface area contributed by atoms with Crippen molar-refractivity contribution in [2.24, 2.45) is 5.73 Å². The number of hydrogen-bond donors (Lipinski definition) is 1. The minimum absolute atomic E-state index is 0.0364. The van der Waals surface area contributed by atoms with Crippen LogP contribution in [-0.4, -0.2) is 11.5 Å². The van der Waals surface area contributed by atoms with Crippen molar-refractivity contribution in [3.63, 3.8) is 0 Å². The van der Waals surface area contributed by atoms with E-state index in [1.807, 2.05) is 0 Å². The van der Waals surface area contributed by atoms with Crippen LogP contribution in [0.4, 0.5) is 0 Å². The molecule has 0 bridgehead atoms. The third-order valence-electron chi connectivity index (χ3n) is 3.34. The van der Waals surface area contributed by atoms with E-state index >= 15 is 0 Å². The first kappa shape index (κ1) is 11.2. The van der Waals surface area contributed by atoms with Crippen molar-refractivity contribution in [2.75, 3.05) is 6.54 Å². The van der Waals surface area contributed by atoms with Gasteiger partial charge < -0.3 is 5.73 Å². The number of rotatable bonds is 2.